The van der Waals surface area contributed by atoms with Gasteiger partial charge in [0.1, 0.15) is 23.3 Å². The van der Waals surface area contributed by atoms with E-state index >= 15 is 0 Å². The summed E-state index contributed by atoms with van der Waals surface area (Å²) in [6, 6.07) is 14.7. The van der Waals surface area contributed by atoms with Crippen molar-refractivity contribution in [1.29, 1.82) is 0 Å². The second-order valence-electron chi connectivity index (χ2n) is 7.17. The van der Waals surface area contributed by atoms with Crippen molar-refractivity contribution in [2.75, 3.05) is 0 Å². The van der Waals surface area contributed by atoms with E-state index in [1.54, 1.807) is 30.3 Å². The molecule has 0 saturated carbocycles. The topological polar surface area (TPSA) is 113 Å². The molecule has 0 spiro atoms. The number of phenols is 2. The maximum absolute atomic E-state index is 11.0. The summed E-state index contributed by atoms with van der Waals surface area (Å²) in [5.74, 6) is 0.434. The molecule has 8 heteroatoms. The van der Waals surface area contributed by atoms with Crippen molar-refractivity contribution in [3.63, 3.8) is 0 Å². The molecule has 0 bridgehead atoms. The minimum absolute atomic E-state index is 0.109. The number of carboxylic acids is 1. The molecular formula is C23H21I2NO5. The highest BCUT2D eigenvalue weighted by Gasteiger charge is 2.18. The molecule has 0 saturated heterocycles. The van der Waals surface area contributed by atoms with Crippen LogP contribution in [0.3, 0.4) is 0 Å². The van der Waals surface area contributed by atoms with Crippen molar-refractivity contribution < 1.29 is 24.9 Å². The van der Waals surface area contributed by atoms with Gasteiger partial charge in [-0.25, -0.2) is 0 Å². The van der Waals surface area contributed by atoms with Gasteiger partial charge in [-0.2, -0.15) is 0 Å². The minimum Gasteiger partial charge on any atom is -0.508 e. The Morgan fingerprint density at radius 2 is 1.65 bits per heavy atom. The van der Waals surface area contributed by atoms with Crippen molar-refractivity contribution >= 4 is 51.2 Å². The van der Waals surface area contributed by atoms with E-state index in [1.165, 1.54) is 0 Å². The number of ether oxygens (including phenoxy) is 1. The van der Waals surface area contributed by atoms with Crippen molar-refractivity contribution in [2.24, 2.45) is 5.73 Å². The summed E-state index contributed by atoms with van der Waals surface area (Å²) < 4.78 is 7.80. The van der Waals surface area contributed by atoms with Gasteiger partial charge in [-0.3, -0.25) is 4.79 Å². The summed E-state index contributed by atoms with van der Waals surface area (Å²) in [6.45, 7) is 1.97. The van der Waals surface area contributed by atoms with E-state index in [9.17, 15) is 15.0 Å². The van der Waals surface area contributed by atoms with Crippen LogP contribution in [0.4, 0.5) is 0 Å². The molecule has 6 nitrogen and oxygen atoms in total. The van der Waals surface area contributed by atoms with E-state index in [-0.39, 0.29) is 23.8 Å². The zero-order chi connectivity index (χ0) is 22.7. The summed E-state index contributed by atoms with van der Waals surface area (Å²) >= 11 is 4.31. The summed E-state index contributed by atoms with van der Waals surface area (Å²) in [7, 11) is 0. The van der Waals surface area contributed by atoms with Crippen LogP contribution >= 0.6 is 45.2 Å². The number of halogens is 2. The molecule has 0 amide bonds. The van der Waals surface area contributed by atoms with Crippen LogP contribution in [0, 0.1) is 7.14 Å². The predicted molar refractivity (Wildman–Crippen MR) is 135 cm³/mol. The van der Waals surface area contributed by atoms with Gasteiger partial charge in [0.25, 0.3) is 0 Å². The zero-order valence-corrected chi connectivity index (χ0v) is 20.9. The number of rotatable bonds is 7. The Hall–Kier alpha value is -2.05. The maximum Gasteiger partial charge on any atom is 0.320 e. The molecule has 1 unspecified atom stereocenters. The summed E-state index contributed by atoms with van der Waals surface area (Å²) in [5, 5.41) is 28.9. The third-order valence-electron chi connectivity index (χ3n) is 4.91. The first-order chi connectivity index (χ1) is 14.7. The molecule has 0 radical (unpaired) electrons. The number of benzene rings is 3. The second-order valence-corrected chi connectivity index (χ2v) is 9.50. The third-order valence-corrected chi connectivity index (χ3v) is 6.51. The lowest BCUT2D eigenvalue weighted by Gasteiger charge is -2.17. The Morgan fingerprint density at radius 3 is 2.23 bits per heavy atom. The number of nitrogens with two attached hydrogens (primary N) is 1. The van der Waals surface area contributed by atoms with E-state index < -0.39 is 12.0 Å². The first kappa shape index (κ1) is 23.6. The fourth-order valence-electron chi connectivity index (χ4n) is 3.17. The van der Waals surface area contributed by atoms with Gasteiger partial charge in [0.2, 0.25) is 0 Å². The monoisotopic (exact) mass is 645 g/mol. The van der Waals surface area contributed by atoms with Crippen molar-refractivity contribution in [1.82, 2.24) is 0 Å². The average molecular weight is 645 g/mol. The third kappa shape index (κ3) is 5.80. The molecule has 0 fully saturated rings. The molecule has 3 rings (SSSR count). The molecular weight excluding hydrogens is 624 g/mol. The maximum atomic E-state index is 11.0. The first-order valence-electron chi connectivity index (χ1n) is 9.41. The number of phenolic OH excluding ortho intramolecular Hbond substituents is 2. The van der Waals surface area contributed by atoms with E-state index in [1.807, 2.05) is 31.2 Å². The highest BCUT2D eigenvalue weighted by atomic mass is 127. The standard InChI is InChI=1S/C23H21I2NO5/c1-12(14-2-4-15(27)5-3-14)17-11-16(6-7-21(17)28)31-22-18(24)8-13(9-19(22)25)10-20(26)23(29)30/h2-9,11-12,20,27-28H,10,26H2,1H3,(H,29,30)/t12?,20-/m0/s1. The largest absolute Gasteiger partial charge is 0.508 e. The van der Waals surface area contributed by atoms with Crippen molar-refractivity contribution in [3.8, 4) is 23.0 Å². The highest BCUT2D eigenvalue weighted by molar-refractivity contribution is 14.1. The predicted octanol–water partition coefficient (Wildman–Crippen LogP) is 5.21. The molecule has 0 aliphatic rings. The van der Waals surface area contributed by atoms with Crippen LogP contribution in [0.25, 0.3) is 0 Å². The number of hydrogen-bond donors (Lipinski definition) is 4. The van der Waals surface area contributed by atoms with E-state index in [4.69, 9.17) is 15.6 Å². The van der Waals surface area contributed by atoms with Gasteiger partial charge in [-0.1, -0.05) is 19.1 Å². The number of aromatic hydroxyl groups is 2. The van der Waals surface area contributed by atoms with Gasteiger partial charge < -0.3 is 25.8 Å². The molecule has 0 aromatic heterocycles. The fraction of sp³-hybridized carbons (Fsp3) is 0.174. The quantitative estimate of drug-likeness (QED) is 0.263. The lowest BCUT2D eigenvalue weighted by Crippen LogP contribution is -2.32. The molecule has 2 atom stereocenters. The van der Waals surface area contributed by atoms with E-state index in [0.29, 0.717) is 17.1 Å². The minimum atomic E-state index is -1.04. The average Bonchev–Trinajstić information content (AvgIpc) is 2.72. The fourth-order valence-corrected chi connectivity index (χ4v) is 5.29. The van der Waals surface area contributed by atoms with Gasteiger partial charge >= 0.3 is 5.97 Å². The normalized spacial score (nSPS) is 12.9. The molecule has 3 aromatic rings. The van der Waals surface area contributed by atoms with E-state index in [0.717, 1.165) is 18.3 Å². The van der Waals surface area contributed by atoms with Crippen LogP contribution in [0.15, 0.2) is 54.6 Å². The summed E-state index contributed by atoms with van der Waals surface area (Å²) in [4.78, 5) is 11.0. The number of hydrogen-bond acceptors (Lipinski definition) is 5. The Morgan fingerprint density at radius 1 is 1.03 bits per heavy atom. The Balaban J connectivity index is 1.87. The number of carbonyl (C=O) groups is 1. The van der Waals surface area contributed by atoms with Gasteiger partial charge in [-0.15, -0.1) is 0 Å². The van der Waals surface area contributed by atoms with Crippen molar-refractivity contribution in [2.45, 2.75) is 25.3 Å². The van der Waals surface area contributed by atoms with Gasteiger partial charge in [0, 0.05) is 11.5 Å². The van der Waals surface area contributed by atoms with Gasteiger partial charge in [0.15, 0.2) is 5.75 Å². The Bertz CT molecular complexity index is 1080. The molecule has 31 heavy (non-hydrogen) atoms. The summed E-state index contributed by atoms with van der Waals surface area (Å²) in [6.07, 6.45) is 0.231. The Kier molecular flexibility index (Phi) is 7.65. The lowest BCUT2D eigenvalue weighted by atomic mass is 9.92. The SMILES string of the molecule is CC(c1ccc(O)cc1)c1cc(Oc2c(I)cc(C[C@H](N)C(=O)O)cc2I)ccc1O. The van der Waals surface area contributed by atoms with Crippen LogP contribution in [-0.2, 0) is 11.2 Å². The molecule has 5 N–H and O–H groups in total. The molecule has 0 aliphatic heterocycles. The van der Waals surface area contributed by atoms with Crippen LogP contribution in [-0.4, -0.2) is 27.3 Å². The van der Waals surface area contributed by atoms with Crippen molar-refractivity contribution in [3.05, 3.63) is 78.4 Å². The second kappa shape index (κ2) is 10.0. The van der Waals surface area contributed by atoms with E-state index in [2.05, 4.69) is 45.2 Å². The zero-order valence-electron chi connectivity index (χ0n) is 16.5. The van der Waals surface area contributed by atoms with Gasteiger partial charge in [0.05, 0.1) is 7.14 Å². The van der Waals surface area contributed by atoms with Crippen LogP contribution in [0.5, 0.6) is 23.0 Å². The molecule has 3 aromatic carbocycles. The molecule has 162 valence electrons. The highest BCUT2D eigenvalue weighted by Crippen LogP contribution is 2.38. The molecule has 0 aliphatic carbocycles. The lowest BCUT2D eigenvalue weighted by molar-refractivity contribution is -0.138. The number of aliphatic carboxylic acids is 1. The van der Waals surface area contributed by atoms with Crippen LogP contribution in [0.1, 0.15) is 29.5 Å². The van der Waals surface area contributed by atoms with Gasteiger partial charge in [-0.05, 0) is 105 Å². The smallest absolute Gasteiger partial charge is 0.320 e. The summed E-state index contributed by atoms with van der Waals surface area (Å²) in [5.41, 5.74) is 8.13. The first-order valence-corrected chi connectivity index (χ1v) is 11.6. The van der Waals surface area contributed by atoms with Crippen LogP contribution in [0.2, 0.25) is 0 Å². The number of carboxylic acid groups (broad SMARTS) is 1. The molecule has 0 heterocycles. The van der Waals surface area contributed by atoms with Crippen LogP contribution < -0.4 is 10.5 Å². The Labute approximate surface area is 207 Å².